The van der Waals surface area contributed by atoms with Gasteiger partial charge < -0.3 is 15.5 Å². The molecule has 0 bridgehead atoms. The van der Waals surface area contributed by atoms with E-state index in [0.29, 0.717) is 0 Å². The maximum absolute atomic E-state index is 6.13. The molecule has 0 aliphatic carbocycles. The van der Waals surface area contributed by atoms with Gasteiger partial charge in [0.05, 0.1) is 0 Å². The van der Waals surface area contributed by atoms with Crippen LogP contribution >= 0.6 is 11.6 Å². The van der Waals surface area contributed by atoms with E-state index in [4.69, 9.17) is 16.6 Å². The molecular formula is C23H33ClN6. The second kappa shape index (κ2) is 12.4. The van der Waals surface area contributed by atoms with E-state index >= 15 is 0 Å². The third kappa shape index (κ3) is 7.50. The van der Waals surface area contributed by atoms with Gasteiger partial charge in [0.25, 0.3) is 0 Å². The summed E-state index contributed by atoms with van der Waals surface area (Å²) in [7, 11) is 0. The van der Waals surface area contributed by atoms with Crippen molar-refractivity contribution in [2.75, 3.05) is 57.3 Å². The van der Waals surface area contributed by atoms with Gasteiger partial charge in [-0.2, -0.15) is 0 Å². The Morgan fingerprint density at radius 3 is 2.70 bits per heavy atom. The highest BCUT2D eigenvalue weighted by Crippen LogP contribution is 2.20. The smallest absolute Gasteiger partial charge is 0.191 e. The van der Waals surface area contributed by atoms with Crippen LogP contribution in [0.15, 0.2) is 53.7 Å². The fourth-order valence-electron chi connectivity index (χ4n) is 3.58. The van der Waals surface area contributed by atoms with Gasteiger partial charge in [0, 0.05) is 81.4 Å². The Morgan fingerprint density at radius 2 is 1.97 bits per heavy atom. The zero-order chi connectivity index (χ0) is 21.0. The molecule has 7 heteroatoms. The monoisotopic (exact) mass is 428 g/mol. The van der Waals surface area contributed by atoms with Crippen LogP contribution in [0.25, 0.3) is 0 Å². The van der Waals surface area contributed by atoms with Crippen molar-refractivity contribution in [2.45, 2.75) is 19.8 Å². The Hall–Kier alpha value is -2.31. The van der Waals surface area contributed by atoms with Crippen LogP contribution in [-0.4, -0.2) is 68.2 Å². The predicted octanol–water partition coefficient (Wildman–Crippen LogP) is 3.04. The van der Waals surface area contributed by atoms with Crippen LogP contribution < -0.4 is 15.5 Å². The Balaban J connectivity index is 1.34. The molecule has 6 nitrogen and oxygen atoms in total. The number of benzene rings is 1. The highest BCUT2D eigenvalue weighted by atomic mass is 35.5. The summed E-state index contributed by atoms with van der Waals surface area (Å²) in [6, 6.07) is 14.2. The molecule has 1 aliphatic heterocycles. The first-order valence-electron chi connectivity index (χ1n) is 10.9. The molecule has 1 aromatic heterocycles. The third-order valence-electron chi connectivity index (χ3n) is 5.19. The third-order valence-corrected chi connectivity index (χ3v) is 5.43. The summed E-state index contributed by atoms with van der Waals surface area (Å²) in [5.74, 6) is 0.888. The minimum atomic E-state index is 0.804. The number of pyridine rings is 1. The van der Waals surface area contributed by atoms with Gasteiger partial charge in [0.1, 0.15) is 0 Å². The lowest BCUT2D eigenvalue weighted by molar-refractivity contribution is 0.256. The molecule has 2 N–H and O–H groups in total. The van der Waals surface area contributed by atoms with Crippen molar-refractivity contribution < 1.29 is 0 Å². The van der Waals surface area contributed by atoms with Crippen molar-refractivity contribution in [1.82, 2.24) is 20.5 Å². The number of rotatable bonds is 9. The van der Waals surface area contributed by atoms with Crippen LogP contribution in [0.5, 0.6) is 0 Å². The highest BCUT2D eigenvalue weighted by Gasteiger charge is 2.16. The molecule has 162 valence electrons. The molecule has 2 heterocycles. The lowest BCUT2D eigenvalue weighted by atomic mass is 10.2. The Bertz CT molecular complexity index is 774. The van der Waals surface area contributed by atoms with E-state index < -0.39 is 0 Å². The van der Waals surface area contributed by atoms with Crippen LogP contribution in [0, 0.1) is 0 Å². The normalized spacial score (nSPS) is 15.3. The fraction of sp³-hybridized carbons (Fsp3) is 0.478. The van der Waals surface area contributed by atoms with Gasteiger partial charge in [-0.25, -0.2) is 0 Å². The van der Waals surface area contributed by atoms with E-state index in [1.807, 2.05) is 30.5 Å². The number of anilines is 1. The van der Waals surface area contributed by atoms with Crippen LogP contribution in [0.2, 0.25) is 5.02 Å². The number of aromatic nitrogens is 1. The van der Waals surface area contributed by atoms with Crippen molar-refractivity contribution in [3.63, 3.8) is 0 Å². The molecule has 0 radical (unpaired) electrons. The molecule has 0 saturated carbocycles. The van der Waals surface area contributed by atoms with Crippen molar-refractivity contribution >= 4 is 23.2 Å². The Kier molecular flexibility index (Phi) is 9.25. The van der Waals surface area contributed by atoms with Crippen LogP contribution in [0.1, 0.15) is 19.0 Å². The van der Waals surface area contributed by atoms with Crippen molar-refractivity contribution in [3.8, 4) is 0 Å². The molecule has 1 aliphatic rings. The summed E-state index contributed by atoms with van der Waals surface area (Å²) in [6.07, 6.45) is 3.79. The summed E-state index contributed by atoms with van der Waals surface area (Å²) < 4.78 is 0. The molecule has 0 spiro atoms. The summed E-state index contributed by atoms with van der Waals surface area (Å²) in [5, 5.41) is 7.53. The first kappa shape index (κ1) is 22.4. The average molecular weight is 429 g/mol. The van der Waals surface area contributed by atoms with Gasteiger partial charge in [0.15, 0.2) is 5.96 Å². The fourth-order valence-corrected chi connectivity index (χ4v) is 3.77. The van der Waals surface area contributed by atoms with E-state index in [9.17, 15) is 0 Å². The van der Waals surface area contributed by atoms with Crippen molar-refractivity contribution in [3.05, 3.63) is 59.4 Å². The summed E-state index contributed by atoms with van der Waals surface area (Å²) >= 11 is 6.13. The molecule has 1 fully saturated rings. The quantitative estimate of drug-likeness (QED) is 0.365. The van der Waals surface area contributed by atoms with E-state index in [0.717, 1.165) is 81.9 Å². The Labute approximate surface area is 185 Å². The maximum Gasteiger partial charge on any atom is 0.191 e. The van der Waals surface area contributed by atoms with Gasteiger partial charge in [-0.05, 0) is 43.7 Å². The SMILES string of the molecule is CCNC(=NCCCN1CCN(c2cccc(Cl)c2)CC1)NCCc1ccccn1. The largest absolute Gasteiger partial charge is 0.369 e. The van der Waals surface area contributed by atoms with E-state index in [1.54, 1.807) is 0 Å². The summed E-state index contributed by atoms with van der Waals surface area (Å²) in [4.78, 5) is 14.0. The number of piperazine rings is 1. The molecule has 3 rings (SSSR count). The number of halogens is 1. The molecular weight excluding hydrogens is 396 g/mol. The van der Waals surface area contributed by atoms with E-state index in [-0.39, 0.29) is 0 Å². The topological polar surface area (TPSA) is 55.8 Å². The van der Waals surface area contributed by atoms with Crippen LogP contribution in [0.3, 0.4) is 0 Å². The van der Waals surface area contributed by atoms with Crippen molar-refractivity contribution in [1.29, 1.82) is 0 Å². The van der Waals surface area contributed by atoms with E-state index in [1.165, 1.54) is 5.69 Å². The number of nitrogens with zero attached hydrogens (tertiary/aromatic N) is 4. The van der Waals surface area contributed by atoms with Crippen molar-refractivity contribution in [2.24, 2.45) is 4.99 Å². The molecule has 2 aromatic rings. The predicted molar refractivity (Wildman–Crippen MR) is 127 cm³/mol. The first-order chi connectivity index (χ1) is 14.7. The van der Waals surface area contributed by atoms with Crippen LogP contribution in [0.4, 0.5) is 5.69 Å². The molecule has 1 aromatic carbocycles. The lowest BCUT2D eigenvalue weighted by Gasteiger charge is -2.36. The number of hydrogen-bond acceptors (Lipinski definition) is 4. The summed E-state index contributed by atoms with van der Waals surface area (Å²) in [6.45, 7) is 9.94. The molecule has 0 atom stereocenters. The second-order valence-corrected chi connectivity index (χ2v) is 7.86. The Morgan fingerprint density at radius 1 is 1.10 bits per heavy atom. The van der Waals surface area contributed by atoms with Gasteiger partial charge in [-0.1, -0.05) is 23.7 Å². The van der Waals surface area contributed by atoms with Gasteiger partial charge in [-0.15, -0.1) is 0 Å². The zero-order valence-electron chi connectivity index (χ0n) is 17.9. The zero-order valence-corrected chi connectivity index (χ0v) is 18.6. The molecule has 0 amide bonds. The van der Waals surface area contributed by atoms with Gasteiger partial charge in [-0.3, -0.25) is 14.9 Å². The summed E-state index contributed by atoms with van der Waals surface area (Å²) in [5.41, 5.74) is 2.32. The molecule has 30 heavy (non-hydrogen) atoms. The minimum Gasteiger partial charge on any atom is -0.369 e. The molecule has 0 unspecified atom stereocenters. The lowest BCUT2D eigenvalue weighted by Crippen LogP contribution is -2.46. The average Bonchev–Trinajstić information content (AvgIpc) is 2.78. The number of nitrogens with one attached hydrogen (secondary N) is 2. The van der Waals surface area contributed by atoms with Crippen LogP contribution in [-0.2, 0) is 6.42 Å². The number of hydrogen-bond donors (Lipinski definition) is 2. The number of guanidine groups is 1. The maximum atomic E-state index is 6.13. The second-order valence-electron chi connectivity index (χ2n) is 7.42. The van der Waals surface area contributed by atoms with Gasteiger partial charge >= 0.3 is 0 Å². The number of aliphatic imine (C=N–C) groups is 1. The minimum absolute atomic E-state index is 0.804. The first-order valence-corrected chi connectivity index (χ1v) is 11.3. The van der Waals surface area contributed by atoms with E-state index in [2.05, 4.69) is 50.5 Å². The highest BCUT2D eigenvalue weighted by molar-refractivity contribution is 6.30. The molecule has 1 saturated heterocycles. The standard InChI is InChI=1S/C23H33ClN6/c1-2-25-23(28-13-10-21-8-3-4-11-26-21)27-12-6-14-29-15-17-30(18-16-29)22-9-5-7-20(24)19-22/h3-5,7-9,11,19H,2,6,10,12-18H2,1H3,(H2,25,27,28). The van der Waals surface area contributed by atoms with Gasteiger partial charge in [0.2, 0.25) is 0 Å².